The van der Waals surface area contributed by atoms with Gasteiger partial charge in [-0.15, -0.1) is 0 Å². The Labute approximate surface area is 121 Å². The minimum Gasteiger partial charge on any atom is -0.299 e. The summed E-state index contributed by atoms with van der Waals surface area (Å²) in [5.74, 6) is 5.91. The van der Waals surface area contributed by atoms with Gasteiger partial charge < -0.3 is 0 Å². The quantitative estimate of drug-likeness (QED) is 0.503. The molecule has 1 atom stereocenters. The first kappa shape index (κ1) is 15.0. The van der Waals surface area contributed by atoms with Gasteiger partial charge in [-0.1, -0.05) is 31.5 Å². The number of amides is 1. The van der Waals surface area contributed by atoms with Crippen LogP contribution in [-0.2, 0) is 6.54 Å². The first-order chi connectivity index (χ1) is 9.74. The number of nitrogens with one attached hydrogen (secondary N) is 1. The lowest BCUT2D eigenvalue weighted by molar-refractivity contribution is 0.0951. The molecule has 4 nitrogen and oxygen atoms in total. The van der Waals surface area contributed by atoms with Gasteiger partial charge >= 0.3 is 0 Å². The Bertz CT molecular complexity index is 447. The van der Waals surface area contributed by atoms with Crippen LogP contribution in [0.4, 0.5) is 0 Å². The van der Waals surface area contributed by atoms with Crippen molar-refractivity contribution in [3.05, 3.63) is 35.4 Å². The van der Waals surface area contributed by atoms with Gasteiger partial charge in [0.25, 0.3) is 5.91 Å². The fourth-order valence-electron chi connectivity index (χ4n) is 2.99. The lowest BCUT2D eigenvalue weighted by Crippen LogP contribution is -2.32. The van der Waals surface area contributed by atoms with E-state index < -0.39 is 0 Å². The van der Waals surface area contributed by atoms with Gasteiger partial charge in [0, 0.05) is 12.1 Å². The van der Waals surface area contributed by atoms with Gasteiger partial charge in [0.2, 0.25) is 0 Å². The molecule has 20 heavy (non-hydrogen) atoms. The minimum absolute atomic E-state index is 0.207. The summed E-state index contributed by atoms with van der Waals surface area (Å²) in [4.78, 5) is 14.2. The minimum atomic E-state index is -0.207. The van der Waals surface area contributed by atoms with Crippen LogP contribution in [0.15, 0.2) is 24.3 Å². The molecule has 1 heterocycles. The topological polar surface area (TPSA) is 58.4 Å². The Morgan fingerprint density at radius 1 is 1.35 bits per heavy atom. The molecule has 1 fully saturated rings. The lowest BCUT2D eigenvalue weighted by atomic mass is 9.98. The summed E-state index contributed by atoms with van der Waals surface area (Å²) in [5.41, 5.74) is 3.98. The second-order valence-electron chi connectivity index (χ2n) is 5.61. The maximum atomic E-state index is 11.8. The Balaban J connectivity index is 2.04. The maximum absolute atomic E-state index is 11.8. The van der Waals surface area contributed by atoms with E-state index in [0.717, 1.165) is 31.1 Å². The average Bonchev–Trinajstić information content (AvgIpc) is 2.72. The summed E-state index contributed by atoms with van der Waals surface area (Å²) in [7, 11) is 0. The van der Waals surface area contributed by atoms with Crippen molar-refractivity contribution in [1.82, 2.24) is 10.3 Å². The van der Waals surface area contributed by atoms with Gasteiger partial charge in [-0.05, 0) is 49.9 Å². The highest BCUT2D eigenvalue weighted by atomic mass is 16.2. The number of hydrogen-bond donors (Lipinski definition) is 2. The highest BCUT2D eigenvalue weighted by molar-refractivity contribution is 5.95. The summed E-state index contributed by atoms with van der Waals surface area (Å²) in [5, 5.41) is 0. The van der Waals surface area contributed by atoms with Gasteiger partial charge in [-0.3, -0.25) is 15.1 Å². The maximum Gasteiger partial charge on any atom is 0.265 e. The van der Waals surface area contributed by atoms with E-state index in [1.165, 1.54) is 25.7 Å². The molecule has 1 saturated heterocycles. The molecule has 0 spiro atoms. The predicted molar refractivity (Wildman–Crippen MR) is 81.0 cm³/mol. The van der Waals surface area contributed by atoms with E-state index in [4.69, 9.17) is 5.84 Å². The third-order valence-corrected chi connectivity index (χ3v) is 4.30. The second-order valence-corrected chi connectivity index (χ2v) is 5.61. The van der Waals surface area contributed by atoms with Crippen LogP contribution in [0.5, 0.6) is 0 Å². The van der Waals surface area contributed by atoms with E-state index >= 15 is 0 Å². The summed E-state index contributed by atoms with van der Waals surface area (Å²) in [6.07, 6.45) is 5.13. The van der Waals surface area contributed by atoms with Crippen LogP contribution in [0.3, 0.4) is 0 Å². The summed E-state index contributed by atoms with van der Waals surface area (Å²) < 4.78 is 0. The highest BCUT2D eigenvalue weighted by Gasteiger charge is 2.17. The van der Waals surface area contributed by atoms with E-state index in [0.29, 0.717) is 5.56 Å². The number of nitrogens with two attached hydrogens (primary N) is 1. The van der Waals surface area contributed by atoms with Crippen LogP contribution in [0.2, 0.25) is 0 Å². The van der Waals surface area contributed by atoms with Crippen molar-refractivity contribution in [2.24, 2.45) is 11.8 Å². The van der Waals surface area contributed by atoms with E-state index in [9.17, 15) is 4.79 Å². The average molecular weight is 275 g/mol. The van der Waals surface area contributed by atoms with Crippen molar-refractivity contribution >= 4 is 5.91 Å². The zero-order valence-electron chi connectivity index (χ0n) is 12.3. The number of benzene rings is 1. The van der Waals surface area contributed by atoms with Crippen LogP contribution in [-0.4, -0.2) is 23.9 Å². The van der Waals surface area contributed by atoms with Gasteiger partial charge in [-0.25, -0.2) is 5.84 Å². The summed E-state index contributed by atoms with van der Waals surface area (Å²) in [6, 6.07) is 7.72. The number of hydrogen-bond acceptors (Lipinski definition) is 3. The molecule has 0 bridgehead atoms. The first-order valence-corrected chi connectivity index (χ1v) is 7.55. The number of hydrazine groups is 1. The normalized spacial score (nSPS) is 20.4. The van der Waals surface area contributed by atoms with Crippen molar-refractivity contribution in [2.75, 3.05) is 13.1 Å². The second kappa shape index (κ2) is 7.41. The molecule has 1 aromatic carbocycles. The third kappa shape index (κ3) is 3.81. The van der Waals surface area contributed by atoms with Gasteiger partial charge in [0.1, 0.15) is 0 Å². The number of nitrogen functional groups attached to an aromatic ring is 1. The standard InChI is InChI=1S/C16H25N3O/c1-2-13-6-5-10-19(11-9-13)12-14-7-3-4-8-15(14)16(20)18-17/h3-4,7-8,13H,2,5-6,9-12,17H2,1H3,(H,18,20). The molecule has 0 radical (unpaired) electrons. The Kier molecular flexibility index (Phi) is 5.56. The molecule has 1 aliphatic rings. The van der Waals surface area contributed by atoms with E-state index in [1.54, 1.807) is 0 Å². The lowest BCUT2D eigenvalue weighted by Gasteiger charge is -2.21. The van der Waals surface area contributed by atoms with Crippen molar-refractivity contribution in [1.29, 1.82) is 0 Å². The Morgan fingerprint density at radius 2 is 2.15 bits per heavy atom. The van der Waals surface area contributed by atoms with Crippen LogP contribution < -0.4 is 11.3 Å². The monoisotopic (exact) mass is 275 g/mol. The number of likely N-dealkylation sites (tertiary alicyclic amines) is 1. The fourth-order valence-corrected chi connectivity index (χ4v) is 2.99. The van der Waals surface area contributed by atoms with Crippen LogP contribution in [0, 0.1) is 5.92 Å². The zero-order valence-corrected chi connectivity index (χ0v) is 12.3. The van der Waals surface area contributed by atoms with Crippen LogP contribution >= 0.6 is 0 Å². The molecule has 1 unspecified atom stereocenters. The summed E-state index contributed by atoms with van der Waals surface area (Å²) in [6.45, 7) is 5.35. The van der Waals surface area contributed by atoms with Crippen LogP contribution in [0.1, 0.15) is 48.5 Å². The number of carbonyl (C=O) groups excluding carboxylic acids is 1. The molecular weight excluding hydrogens is 250 g/mol. The molecule has 3 N–H and O–H groups in total. The van der Waals surface area contributed by atoms with Gasteiger partial charge in [0.15, 0.2) is 0 Å². The van der Waals surface area contributed by atoms with E-state index in [2.05, 4.69) is 17.2 Å². The van der Waals surface area contributed by atoms with Crippen LogP contribution in [0.25, 0.3) is 0 Å². The van der Waals surface area contributed by atoms with Gasteiger partial charge in [-0.2, -0.15) is 0 Å². The van der Waals surface area contributed by atoms with Crippen molar-refractivity contribution in [3.63, 3.8) is 0 Å². The molecule has 110 valence electrons. The molecule has 2 rings (SSSR count). The third-order valence-electron chi connectivity index (χ3n) is 4.30. The Hall–Kier alpha value is -1.39. The fraction of sp³-hybridized carbons (Fsp3) is 0.562. The van der Waals surface area contributed by atoms with Crippen molar-refractivity contribution in [2.45, 2.75) is 39.2 Å². The SMILES string of the molecule is CCC1CCCN(Cc2ccccc2C(=O)NN)CC1. The van der Waals surface area contributed by atoms with Gasteiger partial charge in [0.05, 0.1) is 0 Å². The molecule has 1 aliphatic heterocycles. The predicted octanol–water partition coefficient (Wildman–Crippen LogP) is 2.30. The highest BCUT2D eigenvalue weighted by Crippen LogP contribution is 2.22. The molecule has 0 saturated carbocycles. The Morgan fingerprint density at radius 3 is 2.90 bits per heavy atom. The first-order valence-electron chi connectivity index (χ1n) is 7.55. The summed E-state index contributed by atoms with van der Waals surface area (Å²) >= 11 is 0. The molecule has 1 aromatic rings. The van der Waals surface area contributed by atoms with E-state index in [1.807, 2.05) is 24.3 Å². The van der Waals surface area contributed by atoms with Crippen molar-refractivity contribution < 1.29 is 4.79 Å². The largest absolute Gasteiger partial charge is 0.299 e. The molecule has 0 aliphatic carbocycles. The smallest absolute Gasteiger partial charge is 0.265 e. The molecular formula is C16H25N3O. The van der Waals surface area contributed by atoms with Crippen molar-refractivity contribution in [3.8, 4) is 0 Å². The number of rotatable bonds is 4. The molecule has 0 aromatic heterocycles. The zero-order chi connectivity index (χ0) is 14.4. The number of carbonyl (C=O) groups is 1. The molecule has 4 heteroatoms. The van der Waals surface area contributed by atoms with E-state index in [-0.39, 0.29) is 5.91 Å². The number of nitrogens with zero attached hydrogens (tertiary/aromatic N) is 1. The molecule has 1 amide bonds.